The minimum atomic E-state index is -3.60. The van der Waals surface area contributed by atoms with Gasteiger partial charge in [-0.2, -0.15) is 4.31 Å². The van der Waals surface area contributed by atoms with E-state index in [9.17, 15) is 18.0 Å². The van der Waals surface area contributed by atoms with Crippen molar-refractivity contribution in [2.45, 2.75) is 49.8 Å². The molecule has 2 aliphatic rings. The third kappa shape index (κ3) is 5.99. The van der Waals surface area contributed by atoms with Crippen LogP contribution >= 0.6 is 0 Å². The van der Waals surface area contributed by atoms with Crippen molar-refractivity contribution < 1.29 is 22.7 Å². The molecule has 0 unspecified atom stereocenters. The number of carbonyl (C=O) groups is 2. The SMILES string of the molecule is O=C(COC(=O)C1CCN(S(=O)(=O)c2cccnc2)CC1)NCC1CCCCC1. The molecule has 1 amide bonds. The van der Waals surface area contributed by atoms with Gasteiger partial charge in [-0.15, -0.1) is 0 Å². The van der Waals surface area contributed by atoms with Crippen molar-refractivity contribution >= 4 is 21.9 Å². The fourth-order valence-corrected chi connectivity index (χ4v) is 5.37. The Morgan fingerprint density at radius 1 is 1.14 bits per heavy atom. The first-order valence-electron chi connectivity index (χ1n) is 10.3. The van der Waals surface area contributed by atoms with Gasteiger partial charge in [0.15, 0.2) is 6.61 Å². The number of rotatable bonds is 7. The molecule has 2 fully saturated rings. The Morgan fingerprint density at radius 3 is 2.52 bits per heavy atom. The largest absolute Gasteiger partial charge is 0.455 e. The van der Waals surface area contributed by atoms with Gasteiger partial charge in [0.25, 0.3) is 5.91 Å². The summed E-state index contributed by atoms with van der Waals surface area (Å²) in [7, 11) is -3.60. The van der Waals surface area contributed by atoms with Gasteiger partial charge in [-0.3, -0.25) is 14.6 Å². The standard InChI is InChI=1S/C20H29N3O5S/c24-19(22-13-16-5-2-1-3-6-16)15-28-20(25)17-8-11-23(12-9-17)29(26,27)18-7-4-10-21-14-18/h4,7,10,14,16-17H,1-3,5-6,8-9,11-13,15H2,(H,22,24). The summed E-state index contributed by atoms with van der Waals surface area (Å²) in [6.07, 6.45) is 9.57. The molecule has 3 rings (SSSR count). The lowest BCUT2D eigenvalue weighted by molar-refractivity contribution is -0.153. The maximum Gasteiger partial charge on any atom is 0.309 e. The van der Waals surface area contributed by atoms with Crippen LogP contribution in [-0.2, 0) is 24.3 Å². The number of sulfonamides is 1. The highest BCUT2D eigenvalue weighted by atomic mass is 32.2. The van der Waals surface area contributed by atoms with Crippen molar-refractivity contribution in [3.05, 3.63) is 24.5 Å². The number of nitrogens with one attached hydrogen (secondary N) is 1. The highest BCUT2D eigenvalue weighted by Gasteiger charge is 2.33. The zero-order chi connectivity index (χ0) is 20.7. The summed E-state index contributed by atoms with van der Waals surface area (Å²) in [6.45, 7) is 0.844. The molecule has 1 aliphatic heterocycles. The predicted molar refractivity (Wildman–Crippen MR) is 106 cm³/mol. The lowest BCUT2D eigenvalue weighted by atomic mass is 9.89. The van der Waals surface area contributed by atoms with Gasteiger partial charge in [-0.05, 0) is 43.7 Å². The van der Waals surface area contributed by atoms with E-state index in [-0.39, 0.29) is 36.4 Å². The Balaban J connectivity index is 1.39. The van der Waals surface area contributed by atoms with Crippen LogP contribution < -0.4 is 5.32 Å². The van der Waals surface area contributed by atoms with E-state index in [1.807, 2.05) is 0 Å². The van der Waals surface area contributed by atoms with Crippen LogP contribution in [0.4, 0.5) is 0 Å². The van der Waals surface area contributed by atoms with Crippen LogP contribution in [-0.4, -0.2) is 55.8 Å². The second-order valence-corrected chi connectivity index (χ2v) is 9.72. The summed E-state index contributed by atoms with van der Waals surface area (Å²) >= 11 is 0. The molecule has 160 valence electrons. The molecular weight excluding hydrogens is 394 g/mol. The highest BCUT2D eigenvalue weighted by molar-refractivity contribution is 7.89. The molecule has 0 spiro atoms. The number of nitrogens with zero attached hydrogens (tertiary/aromatic N) is 2. The molecule has 1 N–H and O–H groups in total. The first kappa shape index (κ1) is 21.7. The molecular formula is C20H29N3O5S. The van der Waals surface area contributed by atoms with Crippen LogP contribution in [0.3, 0.4) is 0 Å². The Morgan fingerprint density at radius 2 is 1.86 bits per heavy atom. The first-order valence-corrected chi connectivity index (χ1v) is 11.7. The Kier molecular flexibility index (Phi) is 7.60. The number of hydrogen-bond acceptors (Lipinski definition) is 6. The smallest absolute Gasteiger partial charge is 0.309 e. The van der Waals surface area contributed by atoms with Gasteiger partial charge in [0.2, 0.25) is 10.0 Å². The second-order valence-electron chi connectivity index (χ2n) is 7.78. The van der Waals surface area contributed by atoms with Crippen molar-refractivity contribution in [1.82, 2.24) is 14.6 Å². The molecule has 29 heavy (non-hydrogen) atoms. The fraction of sp³-hybridized carbons (Fsp3) is 0.650. The maximum absolute atomic E-state index is 12.6. The van der Waals surface area contributed by atoms with E-state index in [0.29, 0.717) is 25.3 Å². The molecule has 8 nitrogen and oxygen atoms in total. The van der Waals surface area contributed by atoms with E-state index in [4.69, 9.17) is 4.74 Å². The van der Waals surface area contributed by atoms with Gasteiger partial charge in [-0.25, -0.2) is 8.42 Å². The van der Waals surface area contributed by atoms with Crippen LogP contribution in [0.25, 0.3) is 0 Å². The minimum Gasteiger partial charge on any atom is -0.455 e. The minimum absolute atomic E-state index is 0.149. The third-order valence-electron chi connectivity index (χ3n) is 5.72. The van der Waals surface area contributed by atoms with Crippen LogP contribution in [0.1, 0.15) is 44.9 Å². The van der Waals surface area contributed by atoms with E-state index in [1.54, 1.807) is 6.07 Å². The van der Waals surface area contributed by atoms with E-state index < -0.39 is 16.0 Å². The molecule has 0 radical (unpaired) electrons. The average Bonchev–Trinajstić information content (AvgIpc) is 2.77. The Labute approximate surface area is 172 Å². The number of pyridine rings is 1. The zero-order valence-corrected chi connectivity index (χ0v) is 17.4. The molecule has 0 bridgehead atoms. The number of aromatic nitrogens is 1. The molecule has 1 saturated carbocycles. The monoisotopic (exact) mass is 423 g/mol. The van der Waals surface area contributed by atoms with Crippen molar-refractivity contribution in [3.8, 4) is 0 Å². The van der Waals surface area contributed by atoms with E-state index in [0.717, 1.165) is 12.8 Å². The van der Waals surface area contributed by atoms with Crippen LogP contribution in [0.15, 0.2) is 29.4 Å². The lowest BCUT2D eigenvalue weighted by Gasteiger charge is -2.30. The fourth-order valence-electron chi connectivity index (χ4n) is 3.94. The average molecular weight is 424 g/mol. The van der Waals surface area contributed by atoms with E-state index in [1.165, 1.54) is 42.0 Å². The summed E-state index contributed by atoms with van der Waals surface area (Å²) in [6, 6.07) is 3.09. The van der Waals surface area contributed by atoms with Crippen LogP contribution in [0.2, 0.25) is 0 Å². The lowest BCUT2D eigenvalue weighted by Crippen LogP contribution is -2.41. The number of carbonyl (C=O) groups excluding carboxylic acids is 2. The Bertz CT molecular complexity index is 786. The van der Waals surface area contributed by atoms with E-state index in [2.05, 4.69) is 10.3 Å². The van der Waals surface area contributed by atoms with Crippen molar-refractivity contribution in [1.29, 1.82) is 0 Å². The van der Waals surface area contributed by atoms with Gasteiger partial charge < -0.3 is 10.1 Å². The highest BCUT2D eigenvalue weighted by Crippen LogP contribution is 2.24. The van der Waals surface area contributed by atoms with E-state index >= 15 is 0 Å². The Hall–Kier alpha value is -2.00. The van der Waals surface area contributed by atoms with Gasteiger partial charge in [0.1, 0.15) is 4.90 Å². The maximum atomic E-state index is 12.6. The summed E-state index contributed by atoms with van der Waals surface area (Å²) in [5.74, 6) is -0.576. The van der Waals surface area contributed by atoms with Gasteiger partial charge in [-0.1, -0.05) is 19.3 Å². The van der Waals surface area contributed by atoms with Crippen LogP contribution in [0, 0.1) is 11.8 Å². The number of esters is 1. The normalized spacial score (nSPS) is 19.6. The molecule has 1 aliphatic carbocycles. The second kappa shape index (κ2) is 10.2. The molecule has 2 heterocycles. The zero-order valence-electron chi connectivity index (χ0n) is 16.6. The number of piperidine rings is 1. The quantitative estimate of drug-likeness (QED) is 0.670. The summed E-state index contributed by atoms with van der Waals surface area (Å²) < 4.78 is 31.7. The van der Waals surface area contributed by atoms with Gasteiger partial charge in [0.05, 0.1) is 5.92 Å². The first-order chi connectivity index (χ1) is 14.0. The number of hydrogen-bond donors (Lipinski definition) is 1. The number of amides is 1. The summed E-state index contributed by atoms with van der Waals surface area (Å²) in [5.41, 5.74) is 0. The summed E-state index contributed by atoms with van der Waals surface area (Å²) in [5, 5.41) is 2.85. The molecule has 1 saturated heterocycles. The van der Waals surface area contributed by atoms with Crippen molar-refractivity contribution in [3.63, 3.8) is 0 Å². The molecule has 0 aromatic carbocycles. The predicted octanol–water partition coefficient (Wildman–Crippen LogP) is 1.72. The topological polar surface area (TPSA) is 106 Å². The molecule has 1 aromatic heterocycles. The molecule has 1 aromatic rings. The molecule has 0 atom stereocenters. The summed E-state index contributed by atoms with van der Waals surface area (Å²) in [4.78, 5) is 28.2. The van der Waals surface area contributed by atoms with Crippen molar-refractivity contribution in [2.75, 3.05) is 26.2 Å². The molecule has 9 heteroatoms. The van der Waals surface area contributed by atoms with Gasteiger partial charge in [0, 0.05) is 32.0 Å². The number of ether oxygens (including phenoxy) is 1. The van der Waals surface area contributed by atoms with Gasteiger partial charge >= 0.3 is 5.97 Å². The third-order valence-corrected chi connectivity index (χ3v) is 7.60. The van der Waals surface area contributed by atoms with Crippen LogP contribution in [0.5, 0.6) is 0 Å². The van der Waals surface area contributed by atoms with Crippen molar-refractivity contribution in [2.24, 2.45) is 11.8 Å².